The molecule has 0 aliphatic heterocycles. The first kappa shape index (κ1) is 20.9. The van der Waals surface area contributed by atoms with Gasteiger partial charge in [-0.1, -0.05) is 78.9 Å². The maximum atomic E-state index is 13.2. The quantitative estimate of drug-likeness (QED) is 0.489. The molecule has 3 rings (SSSR count). The van der Waals surface area contributed by atoms with Crippen molar-refractivity contribution in [1.29, 1.82) is 0 Å². The minimum Gasteiger partial charge on any atom is -0.304 e. The maximum Gasteiger partial charge on any atom is 0.416 e. The molecule has 29 heavy (non-hydrogen) atoms. The first-order chi connectivity index (χ1) is 13.7. The number of halogens is 3. The van der Waals surface area contributed by atoms with E-state index in [0.717, 1.165) is 22.8 Å². The highest BCUT2D eigenvalue weighted by Crippen LogP contribution is 2.33. The van der Waals surface area contributed by atoms with E-state index in [9.17, 15) is 13.2 Å². The third kappa shape index (κ3) is 5.81. The summed E-state index contributed by atoms with van der Waals surface area (Å²) in [5, 5.41) is 3.49. The van der Waals surface area contributed by atoms with E-state index in [0.29, 0.717) is 12.1 Å². The second-order valence-electron chi connectivity index (χ2n) is 7.56. The van der Waals surface area contributed by atoms with Gasteiger partial charge in [0, 0.05) is 12.1 Å². The predicted octanol–water partition coefficient (Wildman–Crippen LogP) is 6.71. The fraction of sp³-hybridized carbons (Fsp3) is 0.200. The van der Waals surface area contributed by atoms with E-state index in [4.69, 9.17) is 0 Å². The van der Waals surface area contributed by atoms with Crippen LogP contribution in [0.25, 0.3) is 5.57 Å². The molecule has 0 atom stereocenters. The van der Waals surface area contributed by atoms with Gasteiger partial charge in [-0.25, -0.2) is 0 Å². The maximum absolute atomic E-state index is 13.2. The molecule has 3 aromatic rings. The molecule has 1 nitrogen and oxygen atoms in total. The van der Waals surface area contributed by atoms with Crippen LogP contribution >= 0.6 is 0 Å². The summed E-state index contributed by atoms with van der Waals surface area (Å²) in [7, 11) is 0. The summed E-state index contributed by atoms with van der Waals surface area (Å²) in [5.74, 6) is 0. The number of rotatable bonds is 6. The van der Waals surface area contributed by atoms with E-state index in [2.05, 4.69) is 5.32 Å². The lowest BCUT2D eigenvalue weighted by molar-refractivity contribution is -0.137. The molecule has 0 saturated carbocycles. The first-order valence-corrected chi connectivity index (χ1v) is 9.49. The van der Waals surface area contributed by atoms with Crippen LogP contribution in [0.1, 0.15) is 36.1 Å². The average molecular weight is 395 g/mol. The van der Waals surface area contributed by atoms with Crippen molar-refractivity contribution < 1.29 is 13.2 Å². The Morgan fingerprint density at radius 3 is 2.00 bits per heavy atom. The molecule has 3 aromatic carbocycles. The molecule has 0 radical (unpaired) electrons. The summed E-state index contributed by atoms with van der Waals surface area (Å²) >= 11 is 0. The third-order valence-corrected chi connectivity index (χ3v) is 4.68. The Hall–Kier alpha value is -2.85. The smallest absolute Gasteiger partial charge is 0.304 e. The van der Waals surface area contributed by atoms with Gasteiger partial charge in [-0.05, 0) is 48.2 Å². The number of hydrogen-bond donors (Lipinski definition) is 1. The van der Waals surface area contributed by atoms with Crippen LogP contribution in [0.3, 0.4) is 0 Å². The lowest BCUT2D eigenvalue weighted by Gasteiger charge is -2.25. The summed E-state index contributed by atoms with van der Waals surface area (Å²) < 4.78 is 39.7. The van der Waals surface area contributed by atoms with Gasteiger partial charge in [0.2, 0.25) is 0 Å². The summed E-state index contributed by atoms with van der Waals surface area (Å²) in [6.45, 7) is 4.70. The van der Waals surface area contributed by atoms with Crippen LogP contribution in [0, 0.1) is 0 Å². The molecule has 150 valence electrons. The Morgan fingerprint density at radius 1 is 0.793 bits per heavy atom. The van der Waals surface area contributed by atoms with Gasteiger partial charge in [0.15, 0.2) is 0 Å². The van der Waals surface area contributed by atoms with Crippen LogP contribution < -0.4 is 5.32 Å². The summed E-state index contributed by atoms with van der Waals surface area (Å²) in [6.07, 6.45) is -2.38. The van der Waals surface area contributed by atoms with Crippen molar-refractivity contribution in [3.8, 4) is 0 Å². The molecular weight excluding hydrogens is 371 g/mol. The van der Waals surface area contributed by atoms with Crippen molar-refractivity contribution in [2.24, 2.45) is 0 Å². The molecule has 0 fully saturated rings. The minimum atomic E-state index is -4.38. The number of nitrogens with one attached hydrogen (secondary N) is 1. The van der Waals surface area contributed by atoms with Crippen molar-refractivity contribution in [2.75, 3.05) is 0 Å². The molecule has 0 amide bonds. The van der Waals surface area contributed by atoms with Gasteiger partial charge in [0.25, 0.3) is 0 Å². The second kappa shape index (κ2) is 8.66. The van der Waals surface area contributed by atoms with Crippen molar-refractivity contribution >= 4 is 5.57 Å². The van der Waals surface area contributed by atoms with E-state index in [1.807, 2.05) is 80.6 Å². The molecule has 0 aromatic heterocycles. The molecule has 0 bridgehead atoms. The highest BCUT2D eigenvalue weighted by atomic mass is 19.4. The topological polar surface area (TPSA) is 12.0 Å². The van der Waals surface area contributed by atoms with Gasteiger partial charge in [-0.3, -0.25) is 0 Å². The van der Waals surface area contributed by atoms with Crippen LogP contribution in [0.2, 0.25) is 0 Å². The Morgan fingerprint density at radius 2 is 1.38 bits per heavy atom. The van der Waals surface area contributed by atoms with Gasteiger partial charge < -0.3 is 5.32 Å². The van der Waals surface area contributed by atoms with E-state index in [-0.39, 0.29) is 0 Å². The Balaban J connectivity index is 1.98. The summed E-state index contributed by atoms with van der Waals surface area (Å²) in [6, 6.07) is 25.0. The SMILES string of the molecule is CC(C)(/C=C(\c1ccccc1)c1cccc(C(F)(F)F)c1)NCc1ccccc1. The zero-order chi connectivity index (χ0) is 20.9. The van der Waals surface area contributed by atoms with Crippen molar-refractivity contribution in [1.82, 2.24) is 5.32 Å². The van der Waals surface area contributed by atoms with Crippen molar-refractivity contribution in [3.05, 3.63) is 113 Å². The molecule has 0 heterocycles. The van der Waals surface area contributed by atoms with Gasteiger partial charge >= 0.3 is 6.18 Å². The van der Waals surface area contributed by atoms with Crippen molar-refractivity contribution in [3.63, 3.8) is 0 Å². The van der Waals surface area contributed by atoms with E-state index in [1.165, 1.54) is 12.1 Å². The standard InChI is InChI=1S/C25H24F3N/c1-24(2,29-18-19-10-5-3-6-11-19)17-23(20-12-7-4-8-13-20)21-14-9-15-22(16-21)25(26,27)28/h3-17,29H,18H2,1-2H3/b23-17+. The van der Waals surface area contributed by atoms with E-state index in [1.54, 1.807) is 6.07 Å². The highest BCUT2D eigenvalue weighted by Gasteiger charge is 2.30. The van der Waals surface area contributed by atoms with Crippen LogP contribution in [0.5, 0.6) is 0 Å². The summed E-state index contributed by atoms with van der Waals surface area (Å²) in [4.78, 5) is 0. The Labute approximate surface area is 169 Å². The van der Waals surface area contributed by atoms with Gasteiger partial charge in [-0.15, -0.1) is 0 Å². The minimum absolute atomic E-state index is 0.435. The summed E-state index contributed by atoms with van der Waals surface area (Å²) in [5.41, 5.74) is 2.25. The van der Waals surface area contributed by atoms with Crippen LogP contribution in [-0.4, -0.2) is 5.54 Å². The molecule has 1 N–H and O–H groups in total. The molecular formula is C25H24F3N. The molecule has 0 aliphatic rings. The number of alkyl halides is 3. The molecule has 0 spiro atoms. The highest BCUT2D eigenvalue weighted by molar-refractivity contribution is 5.80. The normalized spacial score (nSPS) is 12.8. The van der Waals surface area contributed by atoms with Gasteiger partial charge in [-0.2, -0.15) is 13.2 Å². The van der Waals surface area contributed by atoms with E-state index < -0.39 is 17.3 Å². The average Bonchev–Trinajstić information content (AvgIpc) is 2.72. The third-order valence-electron chi connectivity index (χ3n) is 4.68. The zero-order valence-corrected chi connectivity index (χ0v) is 16.5. The van der Waals surface area contributed by atoms with Crippen LogP contribution in [0.15, 0.2) is 91.0 Å². The molecule has 4 heteroatoms. The Bertz CT molecular complexity index is 958. The van der Waals surface area contributed by atoms with E-state index >= 15 is 0 Å². The van der Waals surface area contributed by atoms with Crippen molar-refractivity contribution in [2.45, 2.75) is 32.1 Å². The van der Waals surface area contributed by atoms with Crippen LogP contribution in [0.4, 0.5) is 13.2 Å². The van der Waals surface area contributed by atoms with Gasteiger partial charge in [0.1, 0.15) is 0 Å². The first-order valence-electron chi connectivity index (χ1n) is 9.49. The second-order valence-corrected chi connectivity index (χ2v) is 7.56. The fourth-order valence-corrected chi connectivity index (χ4v) is 3.15. The Kier molecular flexibility index (Phi) is 6.23. The fourth-order valence-electron chi connectivity index (χ4n) is 3.15. The predicted molar refractivity (Wildman–Crippen MR) is 112 cm³/mol. The lowest BCUT2D eigenvalue weighted by Crippen LogP contribution is -2.37. The number of hydrogen-bond acceptors (Lipinski definition) is 1. The molecule has 0 aliphatic carbocycles. The molecule has 0 saturated heterocycles. The number of benzene rings is 3. The van der Waals surface area contributed by atoms with Crippen LogP contribution in [-0.2, 0) is 12.7 Å². The molecule has 0 unspecified atom stereocenters. The lowest BCUT2D eigenvalue weighted by atomic mass is 9.90. The zero-order valence-electron chi connectivity index (χ0n) is 16.5. The monoisotopic (exact) mass is 395 g/mol. The largest absolute Gasteiger partial charge is 0.416 e. The van der Waals surface area contributed by atoms with Gasteiger partial charge in [0.05, 0.1) is 5.56 Å².